The summed E-state index contributed by atoms with van der Waals surface area (Å²) in [5, 5.41) is 3.66. The number of benzene rings is 2. The number of fused-ring (bicyclic) bond motifs is 6. The van der Waals surface area contributed by atoms with Crippen LogP contribution in [0.15, 0.2) is 51.7 Å². The summed E-state index contributed by atoms with van der Waals surface area (Å²) in [6.45, 7) is 0. The maximum Gasteiger partial charge on any atom is 0.344 e. The highest BCUT2D eigenvalue weighted by Crippen LogP contribution is 2.32. The Morgan fingerprint density at radius 1 is 1.05 bits per heavy atom. The Morgan fingerprint density at radius 3 is 2.91 bits per heavy atom. The van der Waals surface area contributed by atoms with Gasteiger partial charge in [-0.15, -0.1) is 0 Å². The predicted molar refractivity (Wildman–Crippen MR) is 91.3 cm³/mol. The van der Waals surface area contributed by atoms with Crippen LogP contribution in [0.4, 0.5) is 0 Å². The summed E-state index contributed by atoms with van der Waals surface area (Å²) in [5.74, 6) is 0. The minimum atomic E-state index is -0.273. The van der Waals surface area contributed by atoms with Gasteiger partial charge < -0.3 is 9.40 Å². The Kier molecular flexibility index (Phi) is 2.20. The van der Waals surface area contributed by atoms with E-state index in [0.29, 0.717) is 11.0 Å². The van der Waals surface area contributed by atoms with Gasteiger partial charge in [0.1, 0.15) is 5.58 Å². The average Bonchev–Trinajstić information content (AvgIpc) is 2.91. The molecule has 0 amide bonds. The molecule has 0 fully saturated rings. The molecule has 1 aliphatic rings. The maximum absolute atomic E-state index is 12.3. The zero-order chi connectivity index (χ0) is 14.7. The molecule has 1 aliphatic carbocycles. The lowest BCUT2D eigenvalue weighted by Crippen LogP contribution is -1.99. The van der Waals surface area contributed by atoms with E-state index in [1.807, 2.05) is 30.3 Å². The maximum atomic E-state index is 12.3. The minimum Gasteiger partial charge on any atom is -0.422 e. The Hall–Kier alpha value is -2.81. The summed E-state index contributed by atoms with van der Waals surface area (Å²) in [5.41, 5.74) is 3.90. The van der Waals surface area contributed by atoms with Gasteiger partial charge in [0, 0.05) is 34.4 Å². The Bertz CT molecular complexity index is 1150. The summed E-state index contributed by atoms with van der Waals surface area (Å²) in [6.07, 6.45) is 6.41. The number of aromatic amines is 1. The van der Waals surface area contributed by atoms with E-state index in [9.17, 15) is 4.79 Å². The summed E-state index contributed by atoms with van der Waals surface area (Å²) in [6, 6.07) is 11.7. The number of allylic oxidation sites excluding steroid dienone is 1. The number of rotatable bonds is 0. The van der Waals surface area contributed by atoms with Crippen molar-refractivity contribution in [3.63, 3.8) is 0 Å². The van der Waals surface area contributed by atoms with Crippen LogP contribution in [-0.2, 0) is 6.42 Å². The molecule has 5 rings (SSSR count). The number of aryl methyl sites for hydroxylation is 1. The fourth-order valence-electron chi connectivity index (χ4n) is 3.46. The van der Waals surface area contributed by atoms with E-state index < -0.39 is 0 Å². The van der Waals surface area contributed by atoms with E-state index in [1.54, 1.807) is 0 Å². The monoisotopic (exact) mass is 289 g/mol. The fourth-order valence-corrected chi connectivity index (χ4v) is 3.46. The normalized spacial score (nSPS) is 14.0. The van der Waals surface area contributed by atoms with E-state index in [0.717, 1.165) is 34.5 Å². The van der Waals surface area contributed by atoms with Gasteiger partial charge in [-0.25, -0.2) is 4.79 Å². The topological polar surface area (TPSA) is 46.0 Å². The second-order valence-electron chi connectivity index (χ2n) is 5.79. The molecule has 0 radical (unpaired) electrons. The van der Waals surface area contributed by atoms with Gasteiger partial charge in [0.05, 0.1) is 5.39 Å². The van der Waals surface area contributed by atoms with Crippen molar-refractivity contribution in [3.8, 4) is 0 Å². The first-order valence-electron chi connectivity index (χ1n) is 7.48. The van der Waals surface area contributed by atoms with E-state index >= 15 is 0 Å². The number of H-pyrrole nitrogens is 1. The van der Waals surface area contributed by atoms with Gasteiger partial charge in [0.15, 0.2) is 0 Å². The molecule has 3 nitrogen and oxygen atoms in total. The molecular formula is C19H15NO2. The van der Waals surface area contributed by atoms with Gasteiger partial charge in [-0.3, -0.25) is 0 Å². The Labute approximate surface area is 127 Å². The SMILES string of the molecule is O=c1oc2ccccc2c2cc3[nH]c4c(c3cc12)C=CCC4.[HH]. The van der Waals surface area contributed by atoms with Crippen LogP contribution in [0, 0.1) is 0 Å². The van der Waals surface area contributed by atoms with Crippen LogP contribution in [0.2, 0.25) is 0 Å². The van der Waals surface area contributed by atoms with Crippen molar-refractivity contribution in [2.24, 2.45) is 0 Å². The van der Waals surface area contributed by atoms with Crippen LogP contribution < -0.4 is 5.63 Å². The molecule has 0 saturated heterocycles. The van der Waals surface area contributed by atoms with E-state index in [2.05, 4.69) is 23.2 Å². The van der Waals surface area contributed by atoms with Crippen molar-refractivity contribution in [3.05, 3.63) is 64.2 Å². The predicted octanol–water partition coefficient (Wildman–Crippen LogP) is 4.63. The van der Waals surface area contributed by atoms with Crippen LogP contribution in [0.25, 0.3) is 38.7 Å². The van der Waals surface area contributed by atoms with Crippen molar-refractivity contribution in [1.29, 1.82) is 0 Å². The molecule has 2 heterocycles. The third kappa shape index (κ3) is 1.48. The minimum absolute atomic E-state index is 0. The molecule has 4 aromatic rings. The average molecular weight is 289 g/mol. The number of aromatic nitrogens is 1. The second-order valence-corrected chi connectivity index (χ2v) is 5.79. The summed E-state index contributed by atoms with van der Waals surface area (Å²) >= 11 is 0. The molecule has 0 atom stereocenters. The molecule has 1 N–H and O–H groups in total. The summed E-state index contributed by atoms with van der Waals surface area (Å²) < 4.78 is 5.46. The lowest BCUT2D eigenvalue weighted by Gasteiger charge is -2.04. The molecule has 108 valence electrons. The van der Waals surface area contributed by atoms with Gasteiger partial charge in [-0.2, -0.15) is 0 Å². The molecule has 2 aromatic heterocycles. The lowest BCUT2D eigenvalue weighted by molar-refractivity contribution is 0.570. The molecule has 2 aromatic carbocycles. The molecule has 0 spiro atoms. The Morgan fingerprint density at radius 2 is 1.95 bits per heavy atom. The van der Waals surface area contributed by atoms with E-state index in [-0.39, 0.29) is 7.05 Å². The number of para-hydroxylation sites is 1. The van der Waals surface area contributed by atoms with Crippen LogP contribution in [0.3, 0.4) is 0 Å². The van der Waals surface area contributed by atoms with Crippen molar-refractivity contribution < 1.29 is 5.84 Å². The van der Waals surface area contributed by atoms with Gasteiger partial charge in [-0.05, 0) is 31.0 Å². The summed E-state index contributed by atoms with van der Waals surface area (Å²) in [7, 11) is 0. The first kappa shape index (κ1) is 11.8. The van der Waals surface area contributed by atoms with Gasteiger partial charge >= 0.3 is 5.63 Å². The van der Waals surface area contributed by atoms with E-state index in [4.69, 9.17) is 4.42 Å². The molecular weight excluding hydrogens is 274 g/mol. The third-order valence-corrected chi connectivity index (χ3v) is 4.50. The zero-order valence-electron chi connectivity index (χ0n) is 11.8. The first-order valence-corrected chi connectivity index (χ1v) is 7.48. The van der Waals surface area contributed by atoms with Crippen molar-refractivity contribution in [2.75, 3.05) is 0 Å². The zero-order valence-corrected chi connectivity index (χ0v) is 11.8. The summed E-state index contributed by atoms with van der Waals surface area (Å²) in [4.78, 5) is 15.8. The van der Waals surface area contributed by atoms with Gasteiger partial charge in [0.2, 0.25) is 0 Å². The number of hydrogen-bond acceptors (Lipinski definition) is 2. The molecule has 0 aliphatic heterocycles. The van der Waals surface area contributed by atoms with Crippen molar-refractivity contribution in [2.45, 2.75) is 12.8 Å². The first-order chi connectivity index (χ1) is 10.8. The smallest absolute Gasteiger partial charge is 0.344 e. The fraction of sp³-hybridized carbons (Fsp3) is 0.105. The highest BCUT2D eigenvalue weighted by Gasteiger charge is 2.15. The standard InChI is InChI=1S/C19H13NO2.H2/c21-19-15-9-14-11-5-1-3-7-16(11)20-17(14)10-13(15)12-6-2-4-8-18(12)22-19;/h1-2,4-6,8-10,20H,3,7H2;1H. The number of nitrogens with one attached hydrogen (secondary N) is 1. The van der Waals surface area contributed by atoms with Crippen molar-refractivity contribution in [1.82, 2.24) is 4.98 Å². The van der Waals surface area contributed by atoms with Crippen LogP contribution in [-0.4, -0.2) is 4.98 Å². The molecule has 3 heteroatoms. The highest BCUT2D eigenvalue weighted by atomic mass is 16.4. The Balaban J connectivity index is 0.00000135. The van der Waals surface area contributed by atoms with Gasteiger partial charge in [0.25, 0.3) is 0 Å². The second kappa shape index (κ2) is 4.10. The van der Waals surface area contributed by atoms with Crippen LogP contribution in [0.1, 0.15) is 19.1 Å². The molecule has 0 saturated carbocycles. The number of hydrogen-bond donors (Lipinski definition) is 1. The van der Waals surface area contributed by atoms with Crippen molar-refractivity contribution >= 4 is 38.7 Å². The van der Waals surface area contributed by atoms with Gasteiger partial charge in [-0.1, -0.05) is 30.4 Å². The van der Waals surface area contributed by atoms with Crippen LogP contribution >= 0.6 is 0 Å². The molecule has 0 unspecified atom stereocenters. The lowest BCUT2D eigenvalue weighted by atomic mass is 10.00. The largest absolute Gasteiger partial charge is 0.422 e. The molecule has 0 bridgehead atoms. The third-order valence-electron chi connectivity index (χ3n) is 4.50. The molecule has 22 heavy (non-hydrogen) atoms. The van der Waals surface area contributed by atoms with Crippen LogP contribution in [0.5, 0.6) is 0 Å². The highest BCUT2D eigenvalue weighted by molar-refractivity contribution is 6.10. The van der Waals surface area contributed by atoms with E-state index in [1.165, 1.54) is 11.3 Å². The quantitative estimate of drug-likeness (QED) is 0.379.